The third kappa shape index (κ3) is 10.3. The van der Waals surface area contributed by atoms with E-state index in [9.17, 15) is 26.7 Å². The number of nitrogens with zero attached hydrogens (tertiary/aromatic N) is 1. The van der Waals surface area contributed by atoms with Gasteiger partial charge in [-0.05, 0) is 19.3 Å². The van der Waals surface area contributed by atoms with Gasteiger partial charge in [-0.1, -0.05) is 58.3 Å². The van der Waals surface area contributed by atoms with Crippen molar-refractivity contribution in [3.8, 4) is 0 Å². The molecule has 1 aliphatic rings. The van der Waals surface area contributed by atoms with Crippen LogP contribution in [0.15, 0.2) is 24.9 Å². The van der Waals surface area contributed by atoms with Crippen molar-refractivity contribution in [2.75, 3.05) is 0 Å². The summed E-state index contributed by atoms with van der Waals surface area (Å²) >= 11 is 0. The Morgan fingerprint density at radius 3 is 2.00 bits per heavy atom. The summed E-state index contributed by atoms with van der Waals surface area (Å²) < 4.78 is 67.4. The number of carbonyl (C=O) groups is 1. The number of carbonyl (C=O) groups excluding carboxylic acids is 1. The predicted molar refractivity (Wildman–Crippen MR) is 103 cm³/mol. The van der Waals surface area contributed by atoms with E-state index in [0.29, 0.717) is 19.3 Å². The second-order valence-electron chi connectivity index (χ2n) is 7.53. The Labute approximate surface area is 175 Å². The fraction of sp³-hybridized carbons (Fsp3) is 0.762. The molecular formula is C21H32F5NO3. The molecule has 1 heterocycles. The lowest BCUT2D eigenvalue weighted by Gasteiger charge is -2.21. The molecule has 0 spiro atoms. The average Bonchev–Trinajstić information content (AvgIpc) is 2.68. The molecule has 0 radical (unpaired) electrons. The first-order valence-electron chi connectivity index (χ1n) is 10.6. The highest BCUT2D eigenvalue weighted by molar-refractivity contribution is 5.72. The number of ether oxygens (including phenoxy) is 1. The minimum atomic E-state index is -5.52. The third-order valence-electron chi connectivity index (χ3n) is 4.97. The van der Waals surface area contributed by atoms with Crippen LogP contribution in [-0.4, -0.2) is 23.1 Å². The first-order chi connectivity index (χ1) is 14.2. The third-order valence-corrected chi connectivity index (χ3v) is 4.97. The molecular weight excluding hydrogens is 409 g/mol. The summed E-state index contributed by atoms with van der Waals surface area (Å²) in [6, 6.07) is 0. The molecule has 30 heavy (non-hydrogen) atoms. The summed E-state index contributed by atoms with van der Waals surface area (Å²) in [5, 5.41) is 1.21. The molecule has 0 aromatic rings. The van der Waals surface area contributed by atoms with E-state index in [-0.39, 0.29) is 12.8 Å². The predicted octanol–water partition coefficient (Wildman–Crippen LogP) is 7.23. The molecule has 1 aliphatic heterocycles. The molecule has 4 nitrogen and oxygen atoms in total. The van der Waals surface area contributed by atoms with E-state index in [1.54, 1.807) is 0 Å². The van der Waals surface area contributed by atoms with Crippen molar-refractivity contribution in [1.29, 1.82) is 0 Å². The number of alkyl halides is 5. The fourth-order valence-corrected chi connectivity index (χ4v) is 3.13. The van der Waals surface area contributed by atoms with Crippen LogP contribution in [0, 0.1) is 5.92 Å². The molecule has 1 unspecified atom stereocenters. The lowest BCUT2D eigenvalue weighted by atomic mass is 9.94. The van der Waals surface area contributed by atoms with Gasteiger partial charge in [0.15, 0.2) is 0 Å². The Kier molecular flexibility index (Phi) is 11.8. The lowest BCUT2D eigenvalue weighted by molar-refractivity contribution is -0.284. The van der Waals surface area contributed by atoms with Gasteiger partial charge in [-0.2, -0.15) is 27.0 Å². The van der Waals surface area contributed by atoms with Gasteiger partial charge in [0.05, 0.1) is 18.3 Å². The number of hydroxylamine groups is 2. The van der Waals surface area contributed by atoms with Crippen LogP contribution in [0.5, 0.6) is 0 Å². The molecule has 0 fully saturated rings. The van der Waals surface area contributed by atoms with E-state index >= 15 is 0 Å². The van der Waals surface area contributed by atoms with Crippen LogP contribution < -0.4 is 0 Å². The molecule has 1 atom stereocenters. The van der Waals surface area contributed by atoms with E-state index in [4.69, 9.17) is 9.57 Å². The highest BCUT2D eigenvalue weighted by Crippen LogP contribution is 2.39. The van der Waals surface area contributed by atoms with E-state index < -0.39 is 30.4 Å². The Bertz CT molecular complexity index is 537. The summed E-state index contributed by atoms with van der Waals surface area (Å²) in [5.41, 5.74) is 0. The molecule has 0 N–H and O–H groups in total. The van der Waals surface area contributed by atoms with E-state index in [2.05, 4.69) is 6.92 Å². The minimum Gasteiger partial charge on any atom is -0.469 e. The van der Waals surface area contributed by atoms with Gasteiger partial charge in [-0.25, -0.2) is 4.79 Å². The highest BCUT2D eigenvalue weighted by Gasteiger charge is 2.56. The molecule has 0 bridgehead atoms. The summed E-state index contributed by atoms with van der Waals surface area (Å²) in [7, 11) is 0. The largest absolute Gasteiger partial charge is 0.469 e. The summed E-state index contributed by atoms with van der Waals surface area (Å²) in [4.78, 5) is 17.8. The molecule has 1 rings (SSSR count). The normalized spacial score (nSPS) is 15.2. The van der Waals surface area contributed by atoms with Gasteiger partial charge >= 0.3 is 18.1 Å². The summed E-state index contributed by atoms with van der Waals surface area (Å²) in [5.74, 6) is -5.54. The van der Waals surface area contributed by atoms with Crippen molar-refractivity contribution in [3.05, 3.63) is 24.9 Å². The van der Waals surface area contributed by atoms with Gasteiger partial charge in [0.25, 0.3) is 0 Å². The zero-order chi connectivity index (χ0) is 22.5. The molecule has 0 aromatic heterocycles. The summed E-state index contributed by atoms with van der Waals surface area (Å²) in [6.07, 6.45) is 6.48. The topological polar surface area (TPSA) is 38.8 Å². The molecule has 0 aromatic carbocycles. The van der Waals surface area contributed by atoms with E-state index in [0.717, 1.165) is 32.1 Å². The Balaban J connectivity index is 2.43. The van der Waals surface area contributed by atoms with Crippen LogP contribution >= 0.6 is 0 Å². The molecule has 0 amide bonds. The van der Waals surface area contributed by atoms with Gasteiger partial charge in [0.2, 0.25) is 0 Å². The van der Waals surface area contributed by atoms with Crippen molar-refractivity contribution in [2.45, 2.75) is 96.1 Å². The summed E-state index contributed by atoms with van der Waals surface area (Å²) in [6.45, 7) is 2.13. The molecule has 9 heteroatoms. The second-order valence-corrected chi connectivity index (χ2v) is 7.53. The molecule has 174 valence electrons. The van der Waals surface area contributed by atoms with Crippen molar-refractivity contribution < 1.29 is 36.3 Å². The van der Waals surface area contributed by atoms with Crippen LogP contribution in [0.1, 0.15) is 84.0 Å². The lowest BCUT2D eigenvalue weighted by Crippen LogP contribution is -2.36. The smallest absolute Gasteiger partial charge is 0.453 e. The van der Waals surface area contributed by atoms with Gasteiger partial charge in [-0.15, -0.1) is 0 Å². The van der Waals surface area contributed by atoms with E-state index in [1.807, 2.05) is 0 Å². The van der Waals surface area contributed by atoms with Crippen LogP contribution in [0.3, 0.4) is 0 Å². The van der Waals surface area contributed by atoms with Crippen LogP contribution in [-0.2, 0) is 14.4 Å². The molecule has 0 saturated heterocycles. The van der Waals surface area contributed by atoms with Crippen LogP contribution in [0.2, 0.25) is 0 Å². The van der Waals surface area contributed by atoms with Gasteiger partial charge in [0.1, 0.15) is 12.5 Å². The number of hydrogen-bond donors (Lipinski definition) is 0. The molecule has 0 saturated carbocycles. The Hall–Kier alpha value is -1.80. The monoisotopic (exact) mass is 441 g/mol. The van der Waals surface area contributed by atoms with Crippen molar-refractivity contribution >= 4 is 5.97 Å². The Morgan fingerprint density at radius 2 is 1.43 bits per heavy atom. The standard InChI is InChI=1S/C21H32F5NO3/c1-2-3-4-5-6-8-11-18(19(28)30-27-14-16-29-17-15-27)12-9-7-10-13-20(22,23)21(24,25)26/h14-18H,2-13H2,1H3. The van der Waals surface area contributed by atoms with Crippen molar-refractivity contribution in [3.63, 3.8) is 0 Å². The zero-order valence-electron chi connectivity index (χ0n) is 17.4. The fourth-order valence-electron chi connectivity index (χ4n) is 3.13. The first kappa shape index (κ1) is 26.2. The van der Waals surface area contributed by atoms with Gasteiger partial charge in [-0.3, -0.25) is 0 Å². The first-order valence-corrected chi connectivity index (χ1v) is 10.6. The van der Waals surface area contributed by atoms with Crippen molar-refractivity contribution in [1.82, 2.24) is 5.06 Å². The van der Waals surface area contributed by atoms with Crippen LogP contribution in [0.4, 0.5) is 22.0 Å². The quantitative estimate of drug-likeness (QED) is 0.198. The van der Waals surface area contributed by atoms with Gasteiger partial charge < -0.3 is 9.57 Å². The molecule has 0 aliphatic carbocycles. The van der Waals surface area contributed by atoms with E-state index in [1.165, 1.54) is 36.4 Å². The minimum absolute atomic E-state index is 0.198. The maximum absolute atomic E-state index is 13.0. The number of unbranched alkanes of at least 4 members (excludes halogenated alkanes) is 7. The highest BCUT2D eigenvalue weighted by atomic mass is 19.4. The van der Waals surface area contributed by atoms with Gasteiger partial charge in [0, 0.05) is 6.42 Å². The maximum Gasteiger partial charge on any atom is 0.453 e. The number of rotatable bonds is 15. The number of halogens is 5. The number of hydrogen-bond acceptors (Lipinski definition) is 4. The Morgan fingerprint density at radius 1 is 0.900 bits per heavy atom. The maximum atomic E-state index is 13.0. The zero-order valence-corrected chi connectivity index (χ0v) is 17.4. The van der Waals surface area contributed by atoms with Crippen molar-refractivity contribution in [2.24, 2.45) is 5.92 Å². The average molecular weight is 441 g/mol. The SMILES string of the molecule is CCCCCCCCC(CCCCCC(F)(F)C(F)(F)F)C(=O)ON1C=COC=C1. The second kappa shape index (κ2) is 13.5. The van der Waals surface area contributed by atoms with Crippen LogP contribution in [0.25, 0.3) is 0 Å².